The van der Waals surface area contributed by atoms with Gasteiger partial charge in [-0.1, -0.05) is 0 Å². The molecule has 0 saturated heterocycles. The third-order valence-electron chi connectivity index (χ3n) is 1.80. The van der Waals surface area contributed by atoms with Gasteiger partial charge in [-0.15, -0.1) is 0 Å². The summed E-state index contributed by atoms with van der Waals surface area (Å²) in [6, 6.07) is 3.92. The Bertz CT molecular complexity index is 485. The third-order valence-corrected chi connectivity index (χ3v) is 2.65. The van der Waals surface area contributed by atoms with Crippen molar-refractivity contribution in [1.29, 1.82) is 5.26 Å². The second-order valence-electron chi connectivity index (χ2n) is 2.81. The Hall–Kier alpha value is -1.68. The SMILES string of the molecule is COC(=O)c1cc(OC(F)F)cc(C#N)c1Br. The lowest BCUT2D eigenvalue weighted by Crippen LogP contribution is -2.07. The second-order valence-corrected chi connectivity index (χ2v) is 3.61. The van der Waals surface area contributed by atoms with Crippen molar-refractivity contribution in [1.82, 2.24) is 0 Å². The molecule has 1 aromatic rings. The molecule has 0 N–H and O–H groups in total. The first-order valence-electron chi connectivity index (χ1n) is 4.26. The maximum atomic E-state index is 12.0. The van der Waals surface area contributed by atoms with Crippen LogP contribution in [0.5, 0.6) is 5.75 Å². The van der Waals surface area contributed by atoms with E-state index < -0.39 is 12.6 Å². The van der Waals surface area contributed by atoms with Crippen LogP contribution in [-0.2, 0) is 4.74 Å². The molecule has 0 amide bonds. The number of carbonyl (C=O) groups is 1. The van der Waals surface area contributed by atoms with E-state index in [0.29, 0.717) is 0 Å². The Morgan fingerprint density at radius 2 is 2.18 bits per heavy atom. The second kappa shape index (κ2) is 5.59. The van der Waals surface area contributed by atoms with Crippen molar-refractivity contribution < 1.29 is 23.0 Å². The normalized spacial score (nSPS) is 9.88. The van der Waals surface area contributed by atoms with Crippen LogP contribution in [0.25, 0.3) is 0 Å². The van der Waals surface area contributed by atoms with E-state index in [1.54, 1.807) is 6.07 Å². The minimum Gasteiger partial charge on any atom is -0.465 e. The molecule has 1 rings (SSSR count). The summed E-state index contributed by atoms with van der Waals surface area (Å²) < 4.78 is 32.8. The molecule has 0 aliphatic rings. The minimum atomic E-state index is -3.03. The van der Waals surface area contributed by atoms with E-state index in [-0.39, 0.29) is 21.3 Å². The third kappa shape index (κ3) is 3.14. The number of hydrogen-bond donors (Lipinski definition) is 0. The number of halogens is 3. The summed E-state index contributed by atoms with van der Waals surface area (Å²) in [5.74, 6) is -1.03. The molecule has 17 heavy (non-hydrogen) atoms. The molecule has 90 valence electrons. The number of hydrogen-bond acceptors (Lipinski definition) is 4. The zero-order valence-electron chi connectivity index (χ0n) is 8.54. The van der Waals surface area contributed by atoms with Gasteiger partial charge in [0, 0.05) is 0 Å². The van der Waals surface area contributed by atoms with Crippen LogP contribution in [0.1, 0.15) is 15.9 Å². The summed E-state index contributed by atoms with van der Waals surface area (Å²) in [6.07, 6.45) is 0. The van der Waals surface area contributed by atoms with Gasteiger partial charge >= 0.3 is 12.6 Å². The number of ether oxygens (including phenoxy) is 2. The van der Waals surface area contributed by atoms with Crippen LogP contribution in [0.15, 0.2) is 16.6 Å². The Labute approximate surface area is 104 Å². The summed E-state index contributed by atoms with van der Waals surface area (Å²) >= 11 is 3.02. The molecule has 0 spiro atoms. The van der Waals surface area contributed by atoms with E-state index in [2.05, 4.69) is 25.4 Å². The van der Waals surface area contributed by atoms with Gasteiger partial charge in [0.05, 0.1) is 22.7 Å². The number of rotatable bonds is 3. The van der Waals surface area contributed by atoms with Crippen molar-refractivity contribution in [2.24, 2.45) is 0 Å². The van der Waals surface area contributed by atoms with Crippen molar-refractivity contribution in [2.45, 2.75) is 6.61 Å². The maximum Gasteiger partial charge on any atom is 0.387 e. The number of nitriles is 1. The highest BCUT2D eigenvalue weighted by molar-refractivity contribution is 9.10. The monoisotopic (exact) mass is 305 g/mol. The number of nitrogens with zero attached hydrogens (tertiary/aromatic N) is 1. The van der Waals surface area contributed by atoms with E-state index in [1.807, 2.05) is 0 Å². The van der Waals surface area contributed by atoms with E-state index >= 15 is 0 Å². The quantitative estimate of drug-likeness (QED) is 0.806. The standard InChI is InChI=1S/C10H6BrF2NO3/c1-16-9(15)7-3-6(17-10(12)13)2-5(4-14)8(7)11/h2-3,10H,1H3. The van der Waals surface area contributed by atoms with Crippen LogP contribution in [0.4, 0.5) is 8.78 Å². The zero-order chi connectivity index (χ0) is 13.0. The smallest absolute Gasteiger partial charge is 0.387 e. The average molecular weight is 306 g/mol. The van der Waals surface area contributed by atoms with Crippen molar-refractivity contribution in [3.05, 3.63) is 27.7 Å². The van der Waals surface area contributed by atoms with Gasteiger partial charge < -0.3 is 9.47 Å². The van der Waals surface area contributed by atoms with Crippen LogP contribution in [0.3, 0.4) is 0 Å². The molecule has 0 atom stereocenters. The van der Waals surface area contributed by atoms with Gasteiger partial charge in [-0.25, -0.2) is 4.79 Å². The average Bonchev–Trinajstić information content (AvgIpc) is 2.29. The highest BCUT2D eigenvalue weighted by Gasteiger charge is 2.17. The van der Waals surface area contributed by atoms with Gasteiger partial charge in [-0.05, 0) is 28.1 Å². The van der Waals surface area contributed by atoms with Crippen LogP contribution >= 0.6 is 15.9 Å². The first-order valence-corrected chi connectivity index (χ1v) is 5.05. The fourth-order valence-electron chi connectivity index (χ4n) is 1.11. The molecule has 0 aliphatic heterocycles. The molecule has 0 radical (unpaired) electrons. The Morgan fingerprint density at radius 3 is 2.65 bits per heavy atom. The molecule has 0 aliphatic carbocycles. The van der Waals surface area contributed by atoms with E-state index in [4.69, 9.17) is 5.26 Å². The fraction of sp³-hybridized carbons (Fsp3) is 0.200. The number of methoxy groups -OCH3 is 1. The predicted molar refractivity (Wildman–Crippen MR) is 56.8 cm³/mol. The van der Waals surface area contributed by atoms with Gasteiger partial charge in [0.2, 0.25) is 0 Å². The summed E-state index contributed by atoms with van der Waals surface area (Å²) in [5, 5.41) is 8.78. The zero-order valence-corrected chi connectivity index (χ0v) is 10.1. The lowest BCUT2D eigenvalue weighted by Gasteiger charge is -2.09. The lowest BCUT2D eigenvalue weighted by atomic mass is 10.1. The summed E-state index contributed by atoms with van der Waals surface area (Å²) in [5.41, 5.74) is -0.0502. The Balaban J connectivity index is 3.29. The molecule has 0 fully saturated rings. The van der Waals surface area contributed by atoms with Gasteiger partial charge in [0.1, 0.15) is 11.8 Å². The van der Waals surface area contributed by atoms with Gasteiger partial charge in [0.15, 0.2) is 0 Å². The summed E-state index contributed by atoms with van der Waals surface area (Å²) in [6.45, 7) is -3.03. The predicted octanol–water partition coefficient (Wildman–Crippen LogP) is 2.71. The van der Waals surface area contributed by atoms with Gasteiger partial charge in [-0.2, -0.15) is 14.0 Å². The minimum absolute atomic E-state index is 0.00329. The summed E-state index contributed by atoms with van der Waals surface area (Å²) in [4.78, 5) is 11.3. The highest BCUT2D eigenvalue weighted by Crippen LogP contribution is 2.28. The summed E-state index contributed by atoms with van der Waals surface area (Å²) in [7, 11) is 1.14. The maximum absolute atomic E-state index is 12.0. The van der Waals surface area contributed by atoms with Crippen LogP contribution in [0.2, 0.25) is 0 Å². The number of carbonyl (C=O) groups excluding carboxylic acids is 1. The molecule has 0 heterocycles. The van der Waals surface area contributed by atoms with Crippen LogP contribution < -0.4 is 4.74 Å². The Morgan fingerprint density at radius 1 is 1.53 bits per heavy atom. The first kappa shape index (κ1) is 13.4. The van der Waals surface area contributed by atoms with Gasteiger partial charge in [0.25, 0.3) is 0 Å². The highest BCUT2D eigenvalue weighted by atomic mass is 79.9. The molecule has 7 heteroatoms. The number of esters is 1. The van der Waals surface area contributed by atoms with Crippen LogP contribution in [0, 0.1) is 11.3 Å². The molecule has 0 aromatic heterocycles. The molecule has 1 aromatic carbocycles. The molecule has 0 unspecified atom stereocenters. The van der Waals surface area contributed by atoms with Crippen molar-refractivity contribution >= 4 is 21.9 Å². The molecular formula is C10H6BrF2NO3. The van der Waals surface area contributed by atoms with Crippen LogP contribution in [-0.4, -0.2) is 19.7 Å². The molecule has 4 nitrogen and oxygen atoms in total. The molecule has 0 saturated carbocycles. The van der Waals surface area contributed by atoms with Crippen molar-refractivity contribution in [3.8, 4) is 11.8 Å². The molecular weight excluding hydrogens is 300 g/mol. The molecule has 0 bridgehead atoms. The van der Waals surface area contributed by atoms with Crippen molar-refractivity contribution in [2.75, 3.05) is 7.11 Å². The van der Waals surface area contributed by atoms with E-state index in [1.165, 1.54) is 0 Å². The van der Waals surface area contributed by atoms with E-state index in [0.717, 1.165) is 19.2 Å². The number of alkyl halides is 2. The lowest BCUT2D eigenvalue weighted by molar-refractivity contribution is -0.0499. The number of benzene rings is 1. The first-order chi connectivity index (χ1) is 7.99. The topological polar surface area (TPSA) is 59.3 Å². The van der Waals surface area contributed by atoms with Crippen molar-refractivity contribution in [3.63, 3.8) is 0 Å². The fourth-order valence-corrected chi connectivity index (χ4v) is 1.59. The Kier molecular flexibility index (Phi) is 4.40. The van der Waals surface area contributed by atoms with Gasteiger partial charge in [-0.3, -0.25) is 0 Å². The van der Waals surface area contributed by atoms with E-state index in [9.17, 15) is 13.6 Å². The largest absolute Gasteiger partial charge is 0.465 e.